The highest BCUT2D eigenvalue weighted by Gasteiger charge is 2.40. The predicted molar refractivity (Wildman–Crippen MR) is 159 cm³/mol. The molecule has 0 aliphatic carbocycles. The van der Waals surface area contributed by atoms with Gasteiger partial charge in [0.2, 0.25) is 10.0 Å². The zero-order valence-electron chi connectivity index (χ0n) is 23.2. The number of halogens is 2. The summed E-state index contributed by atoms with van der Waals surface area (Å²) < 4.78 is 42.4. The highest BCUT2D eigenvalue weighted by molar-refractivity contribution is 7.89. The quantitative estimate of drug-likeness (QED) is 0.321. The van der Waals surface area contributed by atoms with Gasteiger partial charge in [-0.1, -0.05) is 29.8 Å². The van der Waals surface area contributed by atoms with Crippen LogP contribution in [0.15, 0.2) is 52.4 Å². The predicted octanol–water partition coefficient (Wildman–Crippen LogP) is 2.82. The van der Waals surface area contributed by atoms with Crippen molar-refractivity contribution in [1.82, 2.24) is 24.9 Å². The molecular formula is C28H30ClFN8O4S. The Morgan fingerprint density at radius 3 is 2.53 bits per heavy atom. The molecule has 2 aliphatic rings. The van der Waals surface area contributed by atoms with Gasteiger partial charge in [-0.3, -0.25) is 14.6 Å². The Morgan fingerprint density at radius 1 is 1.07 bits per heavy atom. The van der Waals surface area contributed by atoms with Gasteiger partial charge in [-0.2, -0.15) is 0 Å². The van der Waals surface area contributed by atoms with Crippen molar-refractivity contribution in [2.75, 3.05) is 24.6 Å². The van der Waals surface area contributed by atoms with Gasteiger partial charge in [0.15, 0.2) is 22.5 Å². The number of amides is 2. The van der Waals surface area contributed by atoms with Gasteiger partial charge in [0, 0.05) is 37.2 Å². The van der Waals surface area contributed by atoms with E-state index in [9.17, 15) is 22.4 Å². The first-order chi connectivity index (χ1) is 20.4. The largest absolute Gasteiger partial charge is 0.382 e. The second-order valence-corrected chi connectivity index (χ2v) is 12.7. The number of likely N-dealkylation sites (tertiary alicyclic amines) is 1. The van der Waals surface area contributed by atoms with Crippen LogP contribution in [0.2, 0.25) is 5.15 Å². The Kier molecular flexibility index (Phi) is 8.36. The number of nitrogen functional groups attached to an aromatic ring is 2. The van der Waals surface area contributed by atoms with E-state index in [1.165, 1.54) is 30.3 Å². The molecule has 1 spiro atoms. The van der Waals surface area contributed by atoms with Gasteiger partial charge in [-0.25, -0.2) is 27.5 Å². The highest BCUT2D eigenvalue weighted by atomic mass is 35.5. The molecule has 0 unspecified atom stereocenters. The summed E-state index contributed by atoms with van der Waals surface area (Å²) in [7, 11) is -4.00. The molecule has 0 bridgehead atoms. The average molecular weight is 629 g/mol. The molecule has 43 heavy (non-hydrogen) atoms. The lowest BCUT2D eigenvalue weighted by Gasteiger charge is -2.37. The number of hydrogen-bond donors (Lipinski definition) is 4. The molecule has 15 heteroatoms. The number of aryl methyl sites for hydroxylation is 1. The van der Waals surface area contributed by atoms with Crippen LogP contribution in [0.3, 0.4) is 0 Å². The number of aliphatic imine (C=N–C) groups is 1. The van der Waals surface area contributed by atoms with Gasteiger partial charge in [-0.15, -0.1) is 0 Å². The molecule has 0 radical (unpaired) electrons. The van der Waals surface area contributed by atoms with Crippen molar-refractivity contribution in [3.63, 3.8) is 0 Å². The number of amidine groups is 1. The Hall–Kier alpha value is -4.14. The normalized spacial score (nSPS) is 16.3. The minimum atomic E-state index is -4.00. The fourth-order valence-electron chi connectivity index (χ4n) is 5.16. The maximum Gasteiger partial charge on any atom is 0.279 e. The van der Waals surface area contributed by atoms with Crippen molar-refractivity contribution in [3.8, 4) is 0 Å². The molecule has 1 saturated heterocycles. The SMILES string of the molecule is Cc1ccc(CNS(=O)(=O)c2cccc(C(=O)N3CCC4(CCC(NC(=O)c5nc(Cl)c(N)nc5N)=N4)CC3)c2)c(F)c1. The highest BCUT2D eigenvalue weighted by Crippen LogP contribution is 2.36. The summed E-state index contributed by atoms with van der Waals surface area (Å²) in [6.45, 7) is 2.32. The maximum absolute atomic E-state index is 14.2. The fraction of sp³-hybridized carbons (Fsp3) is 0.321. The minimum absolute atomic E-state index is 0.0750. The van der Waals surface area contributed by atoms with E-state index in [1.807, 2.05) is 0 Å². The Balaban J connectivity index is 1.20. The van der Waals surface area contributed by atoms with Gasteiger partial charge < -0.3 is 21.7 Å². The number of anilines is 2. The molecule has 0 saturated carbocycles. The summed E-state index contributed by atoms with van der Waals surface area (Å²) in [5.74, 6) is -1.14. The van der Waals surface area contributed by atoms with E-state index in [0.29, 0.717) is 44.6 Å². The molecule has 1 fully saturated rings. The minimum Gasteiger partial charge on any atom is -0.382 e. The third kappa shape index (κ3) is 6.60. The zero-order valence-corrected chi connectivity index (χ0v) is 24.8. The van der Waals surface area contributed by atoms with Crippen LogP contribution in [0.1, 0.15) is 57.7 Å². The monoisotopic (exact) mass is 628 g/mol. The fourth-order valence-corrected chi connectivity index (χ4v) is 6.34. The summed E-state index contributed by atoms with van der Waals surface area (Å²) in [6.07, 6.45) is 2.34. The van der Waals surface area contributed by atoms with E-state index in [4.69, 9.17) is 28.1 Å². The van der Waals surface area contributed by atoms with E-state index in [2.05, 4.69) is 20.0 Å². The van der Waals surface area contributed by atoms with Gasteiger partial charge in [0.05, 0.1) is 10.4 Å². The lowest BCUT2D eigenvalue weighted by Crippen LogP contribution is -2.45. The molecule has 2 aromatic carbocycles. The lowest BCUT2D eigenvalue weighted by molar-refractivity contribution is 0.0672. The third-order valence-corrected chi connectivity index (χ3v) is 9.29. The molecule has 12 nitrogen and oxygen atoms in total. The first kappa shape index (κ1) is 30.3. The molecule has 0 atom stereocenters. The van der Waals surface area contributed by atoms with Gasteiger partial charge in [0.25, 0.3) is 11.8 Å². The number of rotatable bonds is 6. The average Bonchev–Trinajstić information content (AvgIpc) is 3.35. The van der Waals surface area contributed by atoms with Crippen LogP contribution in [0.4, 0.5) is 16.0 Å². The number of nitrogens with two attached hydrogens (primary N) is 2. The molecule has 3 heterocycles. The standard InChI is InChI=1S/C28H30ClFN8O4S/c1-16-5-6-18(20(30)13-16)15-33-43(41,42)19-4-2-3-17(14-19)27(40)38-11-9-28(10-12-38)8-7-21(37-28)34-26(39)22-24(31)36-25(32)23(29)35-22/h2-6,13-14,33H,7-12,15H2,1H3,(H4,31,32,36)(H,34,37,39). The van der Waals surface area contributed by atoms with Crippen molar-refractivity contribution in [2.24, 2.45) is 4.99 Å². The maximum atomic E-state index is 14.2. The zero-order chi connectivity index (χ0) is 30.9. The van der Waals surface area contributed by atoms with Crippen molar-refractivity contribution in [3.05, 3.63) is 75.8 Å². The number of carbonyl (C=O) groups excluding carboxylic acids is 2. The first-order valence-corrected chi connectivity index (χ1v) is 15.3. The number of aromatic nitrogens is 2. The van der Waals surface area contributed by atoms with Crippen LogP contribution in [0.25, 0.3) is 0 Å². The molecule has 2 amide bonds. The molecular weight excluding hydrogens is 599 g/mol. The Labute approximate surface area is 252 Å². The molecule has 5 rings (SSSR count). The van der Waals surface area contributed by atoms with Crippen molar-refractivity contribution in [1.29, 1.82) is 0 Å². The number of nitrogens with one attached hydrogen (secondary N) is 2. The van der Waals surface area contributed by atoms with Crippen LogP contribution >= 0.6 is 11.6 Å². The van der Waals surface area contributed by atoms with Crippen LogP contribution in [0, 0.1) is 12.7 Å². The second-order valence-electron chi connectivity index (χ2n) is 10.6. The number of nitrogens with zero attached hydrogens (tertiary/aromatic N) is 4. The van der Waals surface area contributed by atoms with Crippen LogP contribution < -0.4 is 21.5 Å². The van der Waals surface area contributed by atoms with E-state index < -0.39 is 27.3 Å². The van der Waals surface area contributed by atoms with Gasteiger partial charge in [-0.05, 0) is 56.0 Å². The second kappa shape index (κ2) is 11.9. The Morgan fingerprint density at radius 2 is 1.81 bits per heavy atom. The summed E-state index contributed by atoms with van der Waals surface area (Å²) in [5.41, 5.74) is 11.9. The van der Waals surface area contributed by atoms with Crippen LogP contribution in [-0.2, 0) is 16.6 Å². The van der Waals surface area contributed by atoms with E-state index in [0.717, 1.165) is 5.56 Å². The van der Waals surface area contributed by atoms with Crippen LogP contribution in [0.5, 0.6) is 0 Å². The number of piperidine rings is 1. The summed E-state index contributed by atoms with van der Waals surface area (Å²) in [5, 5.41) is 2.60. The van der Waals surface area contributed by atoms with Crippen molar-refractivity contribution >= 4 is 50.9 Å². The van der Waals surface area contributed by atoms with Crippen molar-refractivity contribution < 1.29 is 22.4 Å². The number of benzene rings is 2. The number of carbonyl (C=O) groups is 2. The first-order valence-electron chi connectivity index (χ1n) is 13.5. The van der Waals surface area contributed by atoms with Crippen molar-refractivity contribution in [2.45, 2.75) is 49.6 Å². The van der Waals surface area contributed by atoms with Gasteiger partial charge >= 0.3 is 0 Å². The molecule has 1 aromatic heterocycles. The number of sulfonamides is 1. The summed E-state index contributed by atoms with van der Waals surface area (Å²) in [4.78, 5) is 40.1. The molecule has 3 aromatic rings. The summed E-state index contributed by atoms with van der Waals surface area (Å²) >= 11 is 5.88. The molecule has 226 valence electrons. The summed E-state index contributed by atoms with van der Waals surface area (Å²) in [6, 6.07) is 10.3. The third-order valence-electron chi connectivity index (χ3n) is 7.61. The van der Waals surface area contributed by atoms with E-state index in [-0.39, 0.29) is 51.0 Å². The smallest absolute Gasteiger partial charge is 0.279 e. The molecule has 2 aliphatic heterocycles. The number of hydrogen-bond acceptors (Lipinski definition) is 9. The van der Waals surface area contributed by atoms with Gasteiger partial charge in [0.1, 0.15) is 11.7 Å². The van der Waals surface area contributed by atoms with E-state index >= 15 is 0 Å². The Bertz CT molecular complexity index is 1740. The molecule has 6 N–H and O–H groups in total. The lowest BCUT2D eigenvalue weighted by atomic mass is 9.86. The van der Waals surface area contributed by atoms with Crippen LogP contribution in [-0.4, -0.2) is 59.6 Å². The van der Waals surface area contributed by atoms with E-state index in [1.54, 1.807) is 24.0 Å². The topological polar surface area (TPSA) is 186 Å².